The molecule has 0 spiro atoms. The summed E-state index contributed by atoms with van der Waals surface area (Å²) in [6.45, 7) is 2.62. The van der Waals surface area contributed by atoms with Gasteiger partial charge >= 0.3 is 0 Å². The zero-order valence-corrected chi connectivity index (χ0v) is 15.0. The number of rotatable bonds is 5. The van der Waals surface area contributed by atoms with Crippen LogP contribution >= 0.6 is 0 Å². The Hall–Kier alpha value is -3.15. The minimum absolute atomic E-state index is 0.185. The van der Waals surface area contributed by atoms with Crippen LogP contribution in [0, 0.1) is 5.92 Å². The molecule has 1 aliphatic heterocycles. The van der Waals surface area contributed by atoms with E-state index in [1.54, 1.807) is 12.3 Å². The summed E-state index contributed by atoms with van der Waals surface area (Å²) in [5.74, 6) is 0.892. The zero-order valence-electron chi connectivity index (χ0n) is 15.0. The van der Waals surface area contributed by atoms with E-state index in [1.807, 2.05) is 42.6 Å². The van der Waals surface area contributed by atoms with Crippen LogP contribution in [0.1, 0.15) is 23.3 Å². The molecule has 2 aromatic heterocycles. The number of pyridine rings is 1. The first kappa shape index (κ1) is 17.3. The van der Waals surface area contributed by atoms with Crippen LogP contribution in [0.3, 0.4) is 0 Å². The molecule has 27 heavy (non-hydrogen) atoms. The van der Waals surface area contributed by atoms with Crippen LogP contribution in [0.15, 0.2) is 65.4 Å². The molecule has 1 fully saturated rings. The molecule has 0 radical (unpaired) electrons. The lowest BCUT2D eigenvalue weighted by atomic mass is 9.96. The highest BCUT2D eigenvalue weighted by molar-refractivity contribution is 5.93. The number of benzene rings is 1. The maximum Gasteiger partial charge on any atom is 0.273 e. The lowest BCUT2D eigenvalue weighted by Gasteiger charge is -2.33. The molecule has 1 aromatic carbocycles. The average molecular weight is 362 g/mol. The standard InChI is InChI=1S/C21H22N4O2/c26-21(19-13-20(27-24-19)17-5-2-1-3-6-17)23-14-16-8-11-25(12-9-16)18-7-4-10-22-15-18/h1-7,10,13,15-16H,8-9,11-12,14H2,(H,23,26). The van der Waals surface area contributed by atoms with Gasteiger partial charge in [0.15, 0.2) is 11.5 Å². The maximum atomic E-state index is 12.4. The second-order valence-corrected chi connectivity index (χ2v) is 6.79. The fourth-order valence-corrected chi connectivity index (χ4v) is 3.38. The van der Waals surface area contributed by atoms with E-state index in [9.17, 15) is 4.79 Å². The van der Waals surface area contributed by atoms with Crippen molar-refractivity contribution in [2.24, 2.45) is 5.92 Å². The van der Waals surface area contributed by atoms with E-state index in [4.69, 9.17) is 4.52 Å². The van der Waals surface area contributed by atoms with Crippen molar-refractivity contribution >= 4 is 11.6 Å². The summed E-state index contributed by atoms with van der Waals surface area (Å²) in [6, 6.07) is 15.4. The first-order chi connectivity index (χ1) is 13.3. The molecule has 6 nitrogen and oxygen atoms in total. The average Bonchev–Trinajstić information content (AvgIpc) is 3.24. The number of carbonyl (C=O) groups is 1. The van der Waals surface area contributed by atoms with Crippen LogP contribution in [0.4, 0.5) is 5.69 Å². The van der Waals surface area contributed by atoms with Crippen LogP contribution in [-0.2, 0) is 0 Å². The number of anilines is 1. The van der Waals surface area contributed by atoms with Crippen molar-refractivity contribution in [3.8, 4) is 11.3 Å². The molecule has 4 rings (SSSR count). The second kappa shape index (κ2) is 8.03. The van der Waals surface area contributed by atoms with Crippen LogP contribution < -0.4 is 10.2 Å². The SMILES string of the molecule is O=C(NCC1CCN(c2cccnc2)CC1)c1cc(-c2ccccc2)on1. The minimum Gasteiger partial charge on any atom is -0.370 e. The van der Waals surface area contributed by atoms with Crippen molar-refractivity contribution in [2.45, 2.75) is 12.8 Å². The Morgan fingerprint density at radius 1 is 1.15 bits per heavy atom. The number of amides is 1. The number of piperidine rings is 1. The van der Waals surface area contributed by atoms with E-state index in [2.05, 4.69) is 26.4 Å². The third-order valence-corrected chi connectivity index (χ3v) is 4.98. The molecule has 3 heterocycles. The molecule has 1 aliphatic rings. The number of aromatic nitrogens is 2. The largest absolute Gasteiger partial charge is 0.370 e. The van der Waals surface area contributed by atoms with Crippen LogP contribution in [0.5, 0.6) is 0 Å². The minimum atomic E-state index is -0.185. The molecule has 1 saturated heterocycles. The van der Waals surface area contributed by atoms with Gasteiger partial charge in [0.25, 0.3) is 5.91 Å². The number of hydrogen-bond acceptors (Lipinski definition) is 5. The smallest absolute Gasteiger partial charge is 0.273 e. The van der Waals surface area contributed by atoms with Gasteiger partial charge in [-0.3, -0.25) is 9.78 Å². The van der Waals surface area contributed by atoms with Gasteiger partial charge in [-0.05, 0) is 30.9 Å². The predicted octanol–water partition coefficient (Wildman–Crippen LogP) is 3.38. The van der Waals surface area contributed by atoms with Crippen molar-refractivity contribution in [2.75, 3.05) is 24.5 Å². The highest BCUT2D eigenvalue weighted by atomic mass is 16.5. The topological polar surface area (TPSA) is 71.3 Å². The van der Waals surface area contributed by atoms with Crippen LogP contribution in [0.2, 0.25) is 0 Å². The number of hydrogen-bond donors (Lipinski definition) is 1. The molecule has 1 N–H and O–H groups in total. The van der Waals surface area contributed by atoms with Gasteiger partial charge < -0.3 is 14.7 Å². The molecule has 3 aromatic rings. The van der Waals surface area contributed by atoms with Crippen LogP contribution in [0.25, 0.3) is 11.3 Å². The number of nitrogens with zero attached hydrogens (tertiary/aromatic N) is 3. The molecule has 0 aliphatic carbocycles. The summed E-state index contributed by atoms with van der Waals surface area (Å²) in [7, 11) is 0. The van der Waals surface area contributed by atoms with Crippen molar-refractivity contribution in [3.05, 3.63) is 66.6 Å². The van der Waals surface area contributed by atoms with Crippen molar-refractivity contribution in [1.82, 2.24) is 15.5 Å². The Morgan fingerprint density at radius 3 is 2.70 bits per heavy atom. The molecule has 0 atom stereocenters. The van der Waals surface area contributed by atoms with Gasteiger partial charge in [0.1, 0.15) is 0 Å². The molecule has 1 amide bonds. The summed E-state index contributed by atoms with van der Waals surface area (Å²) < 4.78 is 5.30. The highest BCUT2D eigenvalue weighted by Gasteiger charge is 2.21. The maximum absolute atomic E-state index is 12.4. The third kappa shape index (κ3) is 4.16. The molecule has 0 unspecified atom stereocenters. The summed E-state index contributed by atoms with van der Waals surface area (Å²) in [5, 5.41) is 6.90. The molecule has 0 bridgehead atoms. The first-order valence-corrected chi connectivity index (χ1v) is 9.25. The van der Waals surface area contributed by atoms with Crippen molar-refractivity contribution < 1.29 is 9.32 Å². The summed E-state index contributed by atoms with van der Waals surface area (Å²) in [4.78, 5) is 18.9. The second-order valence-electron chi connectivity index (χ2n) is 6.79. The predicted molar refractivity (Wildman–Crippen MR) is 103 cm³/mol. The monoisotopic (exact) mass is 362 g/mol. The molecule has 138 valence electrons. The fourth-order valence-electron chi connectivity index (χ4n) is 3.38. The Balaban J connectivity index is 1.27. The van der Waals surface area contributed by atoms with Gasteiger partial charge in [0, 0.05) is 37.5 Å². The Kier molecular flexibility index (Phi) is 5.14. The number of nitrogens with one attached hydrogen (secondary N) is 1. The molecule has 0 saturated carbocycles. The lowest BCUT2D eigenvalue weighted by molar-refractivity contribution is 0.0936. The Bertz CT molecular complexity index is 871. The first-order valence-electron chi connectivity index (χ1n) is 9.25. The number of carbonyl (C=O) groups excluding carboxylic acids is 1. The van der Waals surface area contributed by atoms with Gasteiger partial charge in [-0.25, -0.2) is 0 Å². The highest BCUT2D eigenvalue weighted by Crippen LogP contribution is 2.22. The Labute approximate surface area is 158 Å². The van der Waals surface area contributed by atoms with Gasteiger partial charge in [-0.15, -0.1) is 0 Å². The van der Waals surface area contributed by atoms with E-state index < -0.39 is 0 Å². The molecule has 6 heteroatoms. The van der Waals surface area contributed by atoms with Crippen LogP contribution in [-0.4, -0.2) is 35.7 Å². The molecular formula is C21H22N4O2. The van der Waals surface area contributed by atoms with Crippen molar-refractivity contribution in [3.63, 3.8) is 0 Å². The fraction of sp³-hybridized carbons (Fsp3) is 0.286. The summed E-state index contributed by atoms with van der Waals surface area (Å²) >= 11 is 0. The van der Waals surface area contributed by atoms with Gasteiger partial charge in [-0.1, -0.05) is 35.5 Å². The lowest BCUT2D eigenvalue weighted by Crippen LogP contribution is -2.38. The zero-order chi connectivity index (χ0) is 18.5. The normalized spacial score (nSPS) is 14.9. The summed E-state index contributed by atoms with van der Waals surface area (Å²) in [6.07, 6.45) is 5.78. The third-order valence-electron chi connectivity index (χ3n) is 4.98. The van der Waals surface area contributed by atoms with Gasteiger partial charge in [0.05, 0.1) is 11.9 Å². The quantitative estimate of drug-likeness (QED) is 0.753. The molecular weight excluding hydrogens is 340 g/mol. The Morgan fingerprint density at radius 2 is 1.96 bits per heavy atom. The summed E-state index contributed by atoms with van der Waals surface area (Å²) in [5.41, 5.74) is 2.39. The van der Waals surface area contributed by atoms with E-state index in [1.165, 1.54) is 0 Å². The van der Waals surface area contributed by atoms with E-state index in [0.29, 0.717) is 23.9 Å². The van der Waals surface area contributed by atoms with Crippen molar-refractivity contribution in [1.29, 1.82) is 0 Å². The van der Waals surface area contributed by atoms with E-state index in [-0.39, 0.29) is 5.91 Å². The van der Waals surface area contributed by atoms with E-state index in [0.717, 1.165) is 37.2 Å². The van der Waals surface area contributed by atoms with E-state index >= 15 is 0 Å². The van der Waals surface area contributed by atoms with Gasteiger partial charge in [-0.2, -0.15) is 0 Å². The van der Waals surface area contributed by atoms with Gasteiger partial charge in [0.2, 0.25) is 0 Å².